The number of carbonyl (C=O) groups is 2. The van der Waals surface area contributed by atoms with Crippen molar-refractivity contribution in [3.05, 3.63) is 42.0 Å². The molecule has 4 rings (SSSR count). The molecule has 0 aromatic carbocycles. The third-order valence-corrected chi connectivity index (χ3v) is 6.02. The van der Waals surface area contributed by atoms with Crippen molar-refractivity contribution in [2.75, 3.05) is 13.1 Å². The van der Waals surface area contributed by atoms with Crippen molar-refractivity contribution in [3.63, 3.8) is 0 Å². The van der Waals surface area contributed by atoms with Crippen LogP contribution in [-0.2, 0) is 22.6 Å². The first-order chi connectivity index (χ1) is 14.0. The highest BCUT2D eigenvalue weighted by Crippen LogP contribution is 2.31. The lowest BCUT2D eigenvalue weighted by molar-refractivity contribution is -0.136. The van der Waals surface area contributed by atoms with Crippen LogP contribution in [0.4, 0.5) is 0 Å². The van der Waals surface area contributed by atoms with E-state index < -0.39 is 0 Å². The van der Waals surface area contributed by atoms with Crippen molar-refractivity contribution < 1.29 is 9.59 Å². The zero-order valence-corrected chi connectivity index (χ0v) is 17.1. The number of imidazole rings is 1. The number of rotatable bonds is 4. The van der Waals surface area contributed by atoms with E-state index >= 15 is 0 Å². The monoisotopic (exact) mass is 396 g/mol. The zero-order chi connectivity index (χ0) is 20.4. The minimum atomic E-state index is -0.0672. The lowest BCUT2D eigenvalue weighted by atomic mass is 9.99. The molecule has 2 aliphatic rings. The Morgan fingerprint density at radius 1 is 1.28 bits per heavy atom. The van der Waals surface area contributed by atoms with Crippen LogP contribution in [0.25, 0.3) is 0 Å². The van der Waals surface area contributed by atoms with E-state index in [4.69, 9.17) is 4.98 Å². The third kappa shape index (κ3) is 4.16. The molecule has 2 amide bonds. The minimum absolute atomic E-state index is 0.0644. The van der Waals surface area contributed by atoms with Gasteiger partial charge in [0.25, 0.3) is 0 Å². The normalized spacial score (nSPS) is 20.3. The van der Waals surface area contributed by atoms with Gasteiger partial charge in [-0.2, -0.15) is 0 Å². The van der Waals surface area contributed by atoms with E-state index in [0.717, 1.165) is 49.3 Å². The summed E-state index contributed by atoms with van der Waals surface area (Å²) in [5.41, 5.74) is 2.02. The SMILES string of the molecule is CC(=O)N1CCc2nc([C@@H]3CCCCN3C(=O)C[C@@H](C)n3ccnc3)ncc2C1. The van der Waals surface area contributed by atoms with Gasteiger partial charge < -0.3 is 14.4 Å². The Balaban J connectivity index is 1.50. The topological polar surface area (TPSA) is 84.2 Å². The molecule has 154 valence electrons. The molecule has 0 bridgehead atoms. The summed E-state index contributed by atoms with van der Waals surface area (Å²) in [4.78, 5) is 42.0. The van der Waals surface area contributed by atoms with Crippen LogP contribution < -0.4 is 0 Å². The molecular weight excluding hydrogens is 368 g/mol. The van der Waals surface area contributed by atoms with Gasteiger partial charge in [-0.3, -0.25) is 9.59 Å². The van der Waals surface area contributed by atoms with Crippen molar-refractivity contribution in [1.29, 1.82) is 0 Å². The Bertz CT molecular complexity index is 881. The van der Waals surface area contributed by atoms with E-state index in [0.29, 0.717) is 19.5 Å². The molecule has 4 heterocycles. The molecule has 0 spiro atoms. The second-order valence-corrected chi connectivity index (χ2v) is 8.05. The predicted molar refractivity (Wildman–Crippen MR) is 107 cm³/mol. The molecule has 2 aromatic rings. The zero-order valence-electron chi connectivity index (χ0n) is 17.1. The first kappa shape index (κ1) is 19.5. The number of piperidine rings is 1. The maximum absolute atomic E-state index is 13.1. The van der Waals surface area contributed by atoms with Crippen molar-refractivity contribution >= 4 is 11.8 Å². The summed E-state index contributed by atoms with van der Waals surface area (Å²) in [7, 11) is 0. The Hall–Kier alpha value is -2.77. The molecule has 8 heteroatoms. The summed E-state index contributed by atoms with van der Waals surface area (Å²) >= 11 is 0. The molecule has 2 aromatic heterocycles. The van der Waals surface area contributed by atoms with Crippen LogP contribution in [0.5, 0.6) is 0 Å². The maximum Gasteiger partial charge on any atom is 0.225 e. The van der Waals surface area contributed by atoms with Crippen molar-refractivity contribution in [2.24, 2.45) is 0 Å². The molecule has 8 nitrogen and oxygen atoms in total. The number of aromatic nitrogens is 4. The van der Waals surface area contributed by atoms with Crippen LogP contribution in [0.2, 0.25) is 0 Å². The van der Waals surface area contributed by atoms with Gasteiger partial charge in [0.15, 0.2) is 5.82 Å². The first-order valence-corrected chi connectivity index (χ1v) is 10.4. The predicted octanol–water partition coefficient (Wildman–Crippen LogP) is 2.28. The van der Waals surface area contributed by atoms with E-state index in [1.54, 1.807) is 19.4 Å². The molecule has 1 fully saturated rings. The van der Waals surface area contributed by atoms with Gasteiger partial charge in [-0.25, -0.2) is 15.0 Å². The summed E-state index contributed by atoms with van der Waals surface area (Å²) in [6, 6.07) is -0.00281. The molecule has 2 atom stereocenters. The summed E-state index contributed by atoms with van der Waals surface area (Å²) in [6.07, 6.45) is 11.4. The molecule has 1 saturated heterocycles. The maximum atomic E-state index is 13.1. The summed E-state index contributed by atoms with van der Waals surface area (Å²) < 4.78 is 1.97. The Morgan fingerprint density at radius 2 is 2.14 bits per heavy atom. The molecule has 2 aliphatic heterocycles. The lowest BCUT2D eigenvalue weighted by Gasteiger charge is -2.36. The first-order valence-electron chi connectivity index (χ1n) is 10.4. The van der Waals surface area contributed by atoms with Gasteiger partial charge in [-0.05, 0) is 26.2 Å². The van der Waals surface area contributed by atoms with Gasteiger partial charge >= 0.3 is 0 Å². The van der Waals surface area contributed by atoms with Crippen LogP contribution in [0.15, 0.2) is 24.9 Å². The fraction of sp³-hybridized carbons (Fsp3) is 0.571. The van der Waals surface area contributed by atoms with Crippen molar-refractivity contribution in [2.45, 2.75) is 64.6 Å². The number of amides is 2. The van der Waals surface area contributed by atoms with Crippen molar-refractivity contribution in [3.8, 4) is 0 Å². The Morgan fingerprint density at radius 3 is 2.90 bits per heavy atom. The number of likely N-dealkylation sites (tertiary alicyclic amines) is 1. The van der Waals surface area contributed by atoms with Gasteiger partial charge in [0.1, 0.15) is 0 Å². The number of hydrogen-bond donors (Lipinski definition) is 0. The van der Waals surface area contributed by atoms with Gasteiger partial charge in [-0.1, -0.05) is 0 Å². The summed E-state index contributed by atoms with van der Waals surface area (Å²) in [5, 5.41) is 0. The fourth-order valence-electron chi connectivity index (χ4n) is 4.26. The van der Waals surface area contributed by atoms with Gasteiger partial charge in [0.05, 0.1) is 18.1 Å². The largest absolute Gasteiger partial charge is 0.338 e. The van der Waals surface area contributed by atoms with Crippen LogP contribution in [0.1, 0.15) is 68.7 Å². The van der Waals surface area contributed by atoms with E-state index in [1.165, 1.54) is 0 Å². The highest BCUT2D eigenvalue weighted by atomic mass is 16.2. The second kappa shape index (κ2) is 8.31. The smallest absolute Gasteiger partial charge is 0.225 e. The quantitative estimate of drug-likeness (QED) is 0.792. The second-order valence-electron chi connectivity index (χ2n) is 8.05. The molecule has 0 unspecified atom stereocenters. The van der Waals surface area contributed by atoms with E-state index in [9.17, 15) is 9.59 Å². The van der Waals surface area contributed by atoms with Gasteiger partial charge in [0.2, 0.25) is 11.8 Å². The highest BCUT2D eigenvalue weighted by molar-refractivity contribution is 5.77. The van der Waals surface area contributed by atoms with E-state index in [2.05, 4.69) is 9.97 Å². The molecule has 0 N–H and O–H groups in total. The minimum Gasteiger partial charge on any atom is -0.338 e. The van der Waals surface area contributed by atoms with E-state index in [-0.39, 0.29) is 23.9 Å². The summed E-state index contributed by atoms with van der Waals surface area (Å²) in [6.45, 7) is 5.64. The fourth-order valence-corrected chi connectivity index (χ4v) is 4.26. The standard InChI is InChI=1S/C21H28N6O2/c1-15(26-10-7-22-14-26)11-20(29)27-8-4-3-5-19(27)21-23-12-17-13-25(16(2)28)9-6-18(17)24-21/h7,10,12,14-15,19H,3-6,8-9,11,13H2,1-2H3/t15-,19+/m1/s1. The Kier molecular flexibility index (Phi) is 5.60. The number of nitrogens with zero attached hydrogens (tertiary/aromatic N) is 6. The third-order valence-electron chi connectivity index (χ3n) is 6.02. The van der Waals surface area contributed by atoms with E-state index in [1.807, 2.05) is 33.7 Å². The molecule has 0 saturated carbocycles. The van der Waals surface area contributed by atoms with Crippen LogP contribution in [-0.4, -0.2) is 54.2 Å². The molecule has 29 heavy (non-hydrogen) atoms. The number of hydrogen-bond acceptors (Lipinski definition) is 5. The lowest BCUT2D eigenvalue weighted by Crippen LogP contribution is -2.40. The number of carbonyl (C=O) groups excluding carboxylic acids is 2. The molecular formula is C21H28N6O2. The molecule has 0 radical (unpaired) electrons. The highest BCUT2D eigenvalue weighted by Gasteiger charge is 2.31. The Labute approximate surface area is 171 Å². The average molecular weight is 396 g/mol. The molecule has 0 aliphatic carbocycles. The van der Waals surface area contributed by atoms with Crippen LogP contribution in [0.3, 0.4) is 0 Å². The van der Waals surface area contributed by atoms with Crippen molar-refractivity contribution in [1.82, 2.24) is 29.3 Å². The van der Waals surface area contributed by atoms with Crippen LogP contribution in [0, 0.1) is 0 Å². The summed E-state index contributed by atoms with van der Waals surface area (Å²) in [5.74, 6) is 0.958. The average Bonchev–Trinajstić information content (AvgIpc) is 3.28. The number of fused-ring (bicyclic) bond motifs is 1. The van der Waals surface area contributed by atoms with Gasteiger partial charge in [-0.15, -0.1) is 0 Å². The van der Waals surface area contributed by atoms with Crippen LogP contribution >= 0.6 is 0 Å². The van der Waals surface area contributed by atoms with Gasteiger partial charge in [0, 0.05) is 69.6 Å².